The maximum Gasteiger partial charge on any atom is 0.397 e. The van der Waals surface area contributed by atoms with Crippen molar-refractivity contribution in [3.8, 4) is 11.1 Å². The number of pyridine rings is 1. The Balaban J connectivity index is 1.76. The second-order valence-electron chi connectivity index (χ2n) is 5.11. The van der Waals surface area contributed by atoms with Crippen LogP contribution < -0.4 is 11.1 Å². The highest BCUT2D eigenvalue weighted by Gasteiger charge is 2.31. The van der Waals surface area contributed by atoms with Crippen molar-refractivity contribution in [2.75, 3.05) is 11.1 Å². The molecule has 0 fully saturated rings. The van der Waals surface area contributed by atoms with Crippen molar-refractivity contribution in [3.05, 3.63) is 42.6 Å². The molecule has 0 atom stereocenters. The third-order valence-corrected chi connectivity index (χ3v) is 3.21. The summed E-state index contributed by atoms with van der Waals surface area (Å²) in [4.78, 5) is 15.3. The fraction of sp³-hybridized carbons (Fsp3) is 0.133. The van der Waals surface area contributed by atoms with Gasteiger partial charge in [-0.1, -0.05) is 12.1 Å². The lowest BCUT2D eigenvalue weighted by atomic mass is 10.1. The van der Waals surface area contributed by atoms with E-state index in [1.54, 1.807) is 24.4 Å². The maximum atomic E-state index is 12.1. The Kier molecular flexibility index (Phi) is 3.84. The van der Waals surface area contributed by atoms with Crippen molar-refractivity contribution in [1.29, 1.82) is 0 Å². The smallest absolute Gasteiger partial charge is 0.366 e. The lowest BCUT2D eigenvalue weighted by Gasteiger charge is -2.08. The van der Waals surface area contributed by atoms with Gasteiger partial charge in [-0.25, -0.2) is 4.52 Å². The minimum atomic E-state index is -4.53. The third-order valence-electron chi connectivity index (χ3n) is 3.21. The van der Waals surface area contributed by atoms with E-state index in [1.165, 1.54) is 16.6 Å². The predicted molar refractivity (Wildman–Crippen MR) is 82.1 cm³/mol. The molecule has 0 aliphatic carbocycles. The molecular formula is C15H12F3N5O. The standard InChI is InChI=1S/C15H12F3N5O/c16-15(17,18)7-13(24)20-11-4-1-9(2-5-11)10-3-6-12-21-14(19)22-23(12)8-10/h1-6,8H,7H2,(H2,19,22)(H,20,24). The van der Waals surface area contributed by atoms with Crippen LogP contribution in [-0.2, 0) is 4.79 Å². The van der Waals surface area contributed by atoms with E-state index in [9.17, 15) is 18.0 Å². The number of rotatable bonds is 3. The number of nitrogens with one attached hydrogen (secondary N) is 1. The monoisotopic (exact) mass is 335 g/mol. The Morgan fingerprint density at radius 3 is 2.46 bits per heavy atom. The average Bonchev–Trinajstić information content (AvgIpc) is 2.85. The normalized spacial score (nSPS) is 11.6. The van der Waals surface area contributed by atoms with Crippen LogP contribution in [-0.4, -0.2) is 26.7 Å². The Bertz CT molecular complexity index is 886. The molecule has 24 heavy (non-hydrogen) atoms. The number of carbonyl (C=O) groups excluding carboxylic acids is 1. The van der Waals surface area contributed by atoms with Crippen LogP contribution in [0.2, 0.25) is 0 Å². The summed E-state index contributed by atoms with van der Waals surface area (Å²) < 4.78 is 38.0. The summed E-state index contributed by atoms with van der Waals surface area (Å²) in [6.07, 6.45) is -4.31. The first-order valence-corrected chi connectivity index (χ1v) is 6.89. The zero-order chi connectivity index (χ0) is 17.3. The van der Waals surface area contributed by atoms with Gasteiger partial charge in [0, 0.05) is 17.4 Å². The lowest BCUT2D eigenvalue weighted by Crippen LogP contribution is -2.21. The van der Waals surface area contributed by atoms with Crippen molar-refractivity contribution in [3.63, 3.8) is 0 Å². The number of carbonyl (C=O) groups is 1. The first kappa shape index (κ1) is 15.8. The fourth-order valence-corrected chi connectivity index (χ4v) is 2.20. The van der Waals surface area contributed by atoms with E-state index in [2.05, 4.69) is 15.4 Å². The molecular weight excluding hydrogens is 323 g/mol. The van der Waals surface area contributed by atoms with Gasteiger partial charge in [0.2, 0.25) is 11.9 Å². The molecule has 1 amide bonds. The molecule has 1 aromatic carbocycles. The molecule has 0 saturated heterocycles. The number of nitrogen functional groups attached to an aromatic ring is 1. The van der Waals surface area contributed by atoms with Crippen molar-refractivity contribution in [2.24, 2.45) is 0 Å². The third kappa shape index (κ3) is 3.62. The highest BCUT2D eigenvalue weighted by atomic mass is 19.4. The zero-order valence-corrected chi connectivity index (χ0v) is 12.2. The Morgan fingerprint density at radius 1 is 1.12 bits per heavy atom. The van der Waals surface area contributed by atoms with Crippen LogP contribution in [0.25, 0.3) is 16.8 Å². The molecule has 9 heteroatoms. The zero-order valence-electron chi connectivity index (χ0n) is 12.2. The molecule has 0 saturated carbocycles. The maximum absolute atomic E-state index is 12.1. The average molecular weight is 335 g/mol. The molecule has 0 aliphatic heterocycles. The van der Waals surface area contributed by atoms with Crippen LogP contribution in [0.15, 0.2) is 42.6 Å². The summed E-state index contributed by atoms with van der Waals surface area (Å²) in [5.74, 6) is -0.940. The highest BCUT2D eigenvalue weighted by Crippen LogP contribution is 2.23. The van der Waals surface area contributed by atoms with Crippen molar-refractivity contribution in [1.82, 2.24) is 14.6 Å². The van der Waals surface area contributed by atoms with Gasteiger partial charge in [-0.15, -0.1) is 5.10 Å². The summed E-state index contributed by atoms with van der Waals surface area (Å²) >= 11 is 0. The van der Waals surface area contributed by atoms with Crippen LogP contribution in [0.4, 0.5) is 24.8 Å². The summed E-state index contributed by atoms with van der Waals surface area (Å²) in [6, 6.07) is 10.0. The number of amides is 1. The Hall–Kier alpha value is -3.10. The SMILES string of the molecule is Nc1nc2ccc(-c3ccc(NC(=O)CC(F)(F)F)cc3)cn2n1. The van der Waals surface area contributed by atoms with Crippen LogP contribution in [0.3, 0.4) is 0 Å². The summed E-state index contributed by atoms with van der Waals surface area (Å²) in [5, 5.41) is 6.22. The van der Waals surface area contributed by atoms with Crippen molar-refractivity contribution in [2.45, 2.75) is 12.6 Å². The molecule has 0 unspecified atom stereocenters. The van der Waals surface area contributed by atoms with Gasteiger partial charge >= 0.3 is 6.18 Å². The summed E-state index contributed by atoms with van der Waals surface area (Å²) in [6.45, 7) is 0. The van der Waals surface area contributed by atoms with E-state index in [1.807, 2.05) is 6.07 Å². The lowest BCUT2D eigenvalue weighted by molar-refractivity contribution is -0.150. The van der Waals surface area contributed by atoms with Gasteiger partial charge in [0.1, 0.15) is 6.42 Å². The molecule has 6 nitrogen and oxygen atoms in total. The van der Waals surface area contributed by atoms with Gasteiger partial charge in [-0.2, -0.15) is 18.2 Å². The van der Waals surface area contributed by atoms with E-state index in [-0.39, 0.29) is 5.95 Å². The number of nitrogens with two attached hydrogens (primary N) is 1. The Morgan fingerprint density at radius 2 is 1.79 bits per heavy atom. The molecule has 0 radical (unpaired) electrons. The summed E-state index contributed by atoms with van der Waals surface area (Å²) in [5.41, 5.74) is 8.05. The topological polar surface area (TPSA) is 85.3 Å². The molecule has 0 bridgehead atoms. The molecule has 3 N–H and O–H groups in total. The predicted octanol–water partition coefficient (Wildman–Crippen LogP) is 2.87. The van der Waals surface area contributed by atoms with Gasteiger partial charge in [0.25, 0.3) is 0 Å². The largest absolute Gasteiger partial charge is 0.397 e. The molecule has 0 spiro atoms. The van der Waals surface area contributed by atoms with E-state index >= 15 is 0 Å². The molecule has 124 valence electrons. The van der Waals surface area contributed by atoms with E-state index in [4.69, 9.17) is 5.73 Å². The van der Waals surface area contributed by atoms with Gasteiger partial charge in [0.05, 0.1) is 0 Å². The fourth-order valence-electron chi connectivity index (χ4n) is 2.20. The summed E-state index contributed by atoms with van der Waals surface area (Å²) in [7, 11) is 0. The van der Waals surface area contributed by atoms with Crippen molar-refractivity contribution >= 4 is 23.2 Å². The Labute approximate surface area is 134 Å². The van der Waals surface area contributed by atoms with Gasteiger partial charge < -0.3 is 11.1 Å². The minimum absolute atomic E-state index is 0.162. The molecule has 2 aromatic heterocycles. The first-order valence-electron chi connectivity index (χ1n) is 6.89. The van der Waals surface area contributed by atoms with Crippen LogP contribution in [0.1, 0.15) is 6.42 Å². The van der Waals surface area contributed by atoms with Crippen LogP contribution >= 0.6 is 0 Å². The van der Waals surface area contributed by atoms with Gasteiger partial charge in [0.15, 0.2) is 5.65 Å². The van der Waals surface area contributed by atoms with Crippen molar-refractivity contribution < 1.29 is 18.0 Å². The number of halogens is 3. The molecule has 3 rings (SSSR count). The number of benzene rings is 1. The number of alkyl halides is 3. The molecule has 2 heterocycles. The number of aromatic nitrogens is 3. The van der Waals surface area contributed by atoms with Gasteiger partial charge in [-0.3, -0.25) is 4.79 Å². The van der Waals surface area contributed by atoms with E-state index in [0.717, 1.165) is 11.1 Å². The van der Waals surface area contributed by atoms with Crippen LogP contribution in [0.5, 0.6) is 0 Å². The van der Waals surface area contributed by atoms with Gasteiger partial charge in [-0.05, 0) is 29.8 Å². The number of hydrogen-bond acceptors (Lipinski definition) is 4. The second-order valence-corrected chi connectivity index (χ2v) is 5.11. The number of anilines is 2. The first-order chi connectivity index (χ1) is 11.3. The van der Waals surface area contributed by atoms with E-state index in [0.29, 0.717) is 11.3 Å². The van der Waals surface area contributed by atoms with E-state index < -0.39 is 18.5 Å². The number of nitrogens with zero attached hydrogens (tertiary/aromatic N) is 3. The quantitative estimate of drug-likeness (QED) is 0.771. The number of hydrogen-bond donors (Lipinski definition) is 2. The second kappa shape index (κ2) is 5.84. The van der Waals surface area contributed by atoms with Crippen LogP contribution in [0, 0.1) is 0 Å². The molecule has 0 aliphatic rings. The molecule has 3 aromatic rings. The number of fused-ring (bicyclic) bond motifs is 1. The highest BCUT2D eigenvalue weighted by molar-refractivity contribution is 5.91. The minimum Gasteiger partial charge on any atom is -0.366 e.